The van der Waals surface area contributed by atoms with E-state index in [0.717, 1.165) is 13.1 Å². The highest BCUT2D eigenvalue weighted by molar-refractivity contribution is 5.82. The molecule has 3 nitrogen and oxygen atoms in total. The van der Waals surface area contributed by atoms with Crippen LogP contribution in [0.1, 0.15) is 13.3 Å². The van der Waals surface area contributed by atoms with Crippen molar-refractivity contribution in [2.24, 2.45) is 0 Å². The standard InChI is InChI=1S/C8H16N2O/c1-7(9(2)3)8(11)10-5-4-6-10/h7H,4-6H2,1-3H3. The molecule has 1 aliphatic heterocycles. The molecule has 1 rings (SSSR count). The zero-order valence-corrected chi connectivity index (χ0v) is 7.50. The lowest BCUT2D eigenvalue weighted by molar-refractivity contribution is -0.138. The molecule has 1 unspecified atom stereocenters. The first-order chi connectivity index (χ1) is 5.13. The van der Waals surface area contributed by atoms with Gasteiger partial charge in [0.2, 0.25) is 5.91 Å². The quantitative estimate of drug-likeness (QED) is 0.569. The number of rotatable bonds is 2. The van der Waals surface area contributed by atoms with Crippen LogP contribution in [0.2, 0.25) is 0 Å². The minimum Gasteiger partial charge on any atom is -0.341 e. The van der Waals surface area contributed by atoms with Gasteiger partial charge in [0.15, 0.2) is 0 Å². The highest BCUT2D eigenvalue weighted by Gasteiger charge is 2.25. The molecule has 1 atom stereocenters. The van der Waals surface area contributed by atoms with Gasteiger partial charge in [-0.1, -0.05) is 0 Å². The molecule has 0 aliphatic carbocycles. The number of amides is 1. The van der Waals surface area contributed by atoms with Crippen molar-refractivity contribution in [1.82, 2.24) is 9.80 Å². The molecular formula is C8H16N2O. The predicted octanol–water partition coefficient (Wildman–Crippen LogP) is 0.169. The zero-order valence-electron chi connectivity index (χ0n) is 7.50. The molecule has 0 radical (unpaired) electrons. The van der Waals surface area contributed by atoms with Crippen LogP contribution in [-0.2, 0) is 4.79 Å². The van der Waals surface area contributed by atoms with Gasteiger partial charge in [-0.25, -0.2) is 0 Å². The van der Waals surface area contributed by atoms with Crippen LogP contribution in [0.5, 0.6) is 0 Å². The third-order valence-corrected chi connectivity index (χ3v) is 2.30. The van der Waals surface area contributed by atoms with Crippen molar-refractivity contribution in [2.75, 3.05) is 27.2 Å². The summed E-state index contributed by atoms with van der Waals surface area (Å²) in [7, 11) is 3.87. The fraction of sp³-hybridized carbons (Fsp3) is 0.875. The Hall–Kier alpha value is -0.570. The fourth-order valence-electron chi connectivity index (χ4n) is 1.02. The molecule has 3 heteroatoms. The van der Waals surface area contributed by atoms with E-state index in [1.807, 2.05) is 30.8 Å². The van der Waals surface area contributed by atoms with Gasteiger partial charge < -0.3 is 4.90 Å². The molecule has 64 valence electrons. The topological polar surface area (TPSA) is 23.6 Å². The summed E-state index contributed by atoms with van der Waals surface area (Å²) in [5.74, 6) is 0.265. The van der Waals surface area contributed by atoms with Crippen LogP contribution in [0, 0.1) is 0 Å². The minimum atomic E-state index is 0.0373. The second-order valence-electron chi connectivity index (χ2n) is 3.32. The van der Waals surface area contributed by atoms with Gasteiger partial charge >= 0.3 is 0 Å². The lowest BCUT2D eigenvalue weighted by Gasteiger charge is -2.34. The lowest BCUT2D eigenvalue weighted by Crippen LogP contribution is -2.50. The monoisotopic (exact) mass is 156 g/mol. The maximum absolute atomic E-state index is 11.5. The summed E-state index contributed by atoms with van der Waals surface area (Å²) in [6.45, 7) is 3.86. The number of hydrogen-bond donors (Lipinski definition) is 0. The summed E-state index contributed by atoms with van der Waals surface area (Å²) in [6, 6.07) is 0.0373. The van der Waals surface area contributed by atoms with E-state index in [2.05, 4.69) is 0 Å². The summed E-state index contributed by atoms with van der Waals surface area (Å²) in [6.07, 6.45) is 1.17. The molecule has 1 fully saturated rings. The van der Waals surface area contributed by atoms with E-state index >= 15 is 0 Å². The number of carbonyl (C=O) groups is 1. The van der Waals surface area contributed by atoms with Gasteiger partial charge in [0.1, 0.15) is 0 Å². The first-order valence-electron chi connectivity index (χ1n) is 4.08. The van der Waals surface area contributed by atoms with Crippen molar-refractivity contribution < 1.29 is 4.79 Å². The maximum atomic E-state index is 11.5. The molecule has 0 saturated carbocycles. The van der Waals surface area contributed by atoms with Crippen LogP contribution >= 0.6 is 0 Å². The number of likely N-dealkylation sites (N-methyl/N-ethyl adjacent to an activating group) is 1. The minimum absolute atomic E-state index is 0.0373. The zero-order chi connectivity index (χ0) is 8.43. The van der Waals surface area contributed by atoms with Gasteiger partial charge in [-0.3, -0.25) is 9.69 Å². The molecule has 0 N–H and O–H groups in total. The molecule has 0 spiro atoms. The Balaban J connectivity index is 2.39. The molecule has 1 saturated heterocycles. The van der Waals surface area contributed by atoms with E-state index in [9.17, 15) is 4.79 Å². The maximum Gasteiger partial charge on any atom is 0.239 e. The van der Waals surface area contributed by atoms with Crippen molar-refractivity contribution in [3.05, 3.63) is 0 Å². The van der Waals surface area contributed by atoms with Gasteiger partial charge in [0, 0.05) is 13.1 Å². The highest BCUT2D eigenvalue weighted by Crippen LogP contribution is 2.09. The van der Waals surface area contributed by atoms with Gasteiger partial charge in [-0.05, 0) is 27.4 Å². The summed E-state index contributed by atoms with van der Waals surface area (Å²) in [5, 5.41) is 0. The summed E-state index contributed by atoms with van der Waals surface area (Å²) < 4.78 is 0. The van der Waals surface area contributed by atoms with E-state index in [4.69, 9.17) is 0 Å². The molecule has 0 bridgehead atoms. The Labute approximate surface area is 68.0 Å². The Morgan fingerprint density at radius 2 is 2.00 bits per heavy atom. The van der Waals surface area contributed by atoms with Crippen molar-refractivity contribution in [3.63, 3.8) is 0 Å². The highest BCUT2D eigenvalue weighted by atomic mass is 16.2. The Morgan fingerprint density at radius 1 is 1.45 bits per heavy atom. The third kappa shape index (κ3) is 1.71. The Bertz CT molecular complexity index is 152. The van der Waals surface area contributed by atoms with E-state index in [-0.39, 0.29) is 11.9 Å². The Kier molecular flexibility index (Phi) is 2.49. The molecule has 1 aliphatic rings. The van der Waals surface area contributed by atoms with Gasteiger partial charge in [-0.2, -0.15) is 0 Å². The van der Waals surface area contributed by atoms with Crippen molar-refractivity contribution >= 4 is 5.91 Å². The number of carbonyl (C=O) groups excluding carboxylic acids is 1. The first-order valence-corrected chi connectivity index (χ1v) is 4.08. The summed E-state index contributed by atoms with van der Waals surface area (Å²) in [5.41, 5.74) is 0. The number of hydrogen-bond acceptors (Lipinski definition) is 2. The average molecular weight is 156 g/mol. The SMILES string of the molecule is CC(C(=O)N1CCC1)N(C)C. The number of nitrogens with zero attached hydrogens (tertiary/aromatic N) is 2. The van der Waals surface area contributed by atoms with Crippen LogP contribution in [-0.4, -0.2) is 48.9 Å². The smallest absolute Gasteiger partial charge is 0.239 e. The van der Waals surface area contributed by atoms with Crippen molar-refractivity contribution in [1.29, 1.82) is 0 Å². The summed E-state index contributed by atoms with van der Waals surface area (Å²) >= 11 is 0. The molecular weight excluding hydrogens is 140 g/mol. The van der Waals surface area contributed by atoms with Crippen LogP contribution in [0.25, 0.3) is 0 Å². The average Bonchev–Trinajstić information content (AvgIpc) is 1.82. The van der Waals surface area contributed by atoms with Gasteiger partial charge in [0.05, 0.1) is 6.04 Å². The summed E-state index contributed by atoms with van der Waals surface area (Å²) in [4.78, 5) is 15.3. The molecule has 1 amide bonds. The Morgan fingerprint density at radius 3 is 2.27 bits per heavy atom. The van der Waals surface area contributed by atoms with E-state index in [0.29, 0.717) is 0 Å². The van der Waals surface area contributed by atoms with E-state index in [1.54, 1.807) is 0 Å². The van der Waals surface area contributed by atoms with Gasteiger partial charge in [-0.15, -0.1) is 0 Å². The van der Waals surface area contributed by atoms with Crippen LogP contribution in [0.15, 0.2) is 0 Å². The van der Waals surface area contributed by atoms with Crippen molar-refractivity contribution in [2.45, 2.75) is 19.4 Å². The lowest BCUT2D eigenvalue weighted by atomic mass is 10.1. The second-order valence-corrected chi connectivity index (χ2v) is 3.32. The van der Waals surface area contributed by atoms with Crippen LogP contribution < -0.4 is 0 Å². The molecule has 1 heterocycles. The fourth-order valence-corrected chi connectivity index (χ4v) is 1.02. The molecule has 0 aromatic carbocycles. The number of likely N-dealkylation sites (tertiary alicyclic amines) is 1. The third-order valence-electron chi connectivity index (χ3n) is 2.30. The second kappa shape index (κ2) is 3.22. The van der Waals surface area contributed by atoms with Crippen LogP contribution in [0.4, 0.5) is 0 Å². The normalized spacial score (nSPS) is 19.8. The van der Waals surface area contributed by atoms with E-state index < -0.39 is 0 Å². The van der Waals surface area contributed by atoms with Gasteiger partial charge in [0.25, 0.3) is 0 Å². The van der Waals surface area contributed by atoms with Crippen LogP contribution in [0.3, 0.4) is 0 Å². The van der Waals surface area contributed by atoms with Crippen molar-refractivity contribution in [3.8, 4) is 0 Å². The molecule has 0 aromatic heterocycles. The van der Waals surface area contributed by atoms with E-state index in [1.165, 1.54) is 6.42 Å². The first kappa shape index (κ1) is 8.53. The largest absolute Gasteiger partial charge is 0.341 e. The predicted molar refractivity (Wildman–Crippen MR) is 44.3 cm³/mol. The molecule has 0 aromatic rings. The molecule has 11 heavy (non-hydrogen) atoms.